The average Bonchev–Trinajstić information content (AvgIpc) is 2.45. The van der Waals surface area contributed by atoms with E-state index in [0.29, 0.717) is 5.92 Å². The fraction of sp³-hybridized carbons (Fsp3) is 0.647. The van der Waals surface area contributed by atoms with Crippen LogP contribution in [-0.4, -0.2) is 31.1 Å². The van der Waals surface area contributed by atoms with Gasteiger partial charge in [-0.1, -0.05) is 18.2 Å². The minimum absolute atomic E-state index is 0.549. The molecule has 3 fully saturated rings. The van der Waals surface area contributed by atoms with Crippen LogP contribution < -0.4 is 5.73 Å². The van der Waals surface area contributed by atoms with Crippen molar-refractivity contribution in [2.24, 2.45) is 17.6 Å². The molecule has 2 atom stereocenters. The quantitative estimate of drug-likeness (QED) is 0.903. The predicted molar refractivity (Wildman–Crippen MR) is 80.4 cm³/mol. The Balaban J connectivity index is 1.85. The number of aryl methyl sites for hydroxylation is 2. The second-order valence-electron chi connectivity index (χ2n) is 6.49. The third-order valence-electron chi connectivity index (χ3n) is 5.44. The molecule has 4 rings (SSSR count). The van der Waals surface area contributed by atoms with Crippen LogP contribution in [0.25, 0.3) is 0 Å². The van der Waals surface area contributed by atoms with Crippen molar-refractivity contribution in [1.82, 2.24) is 4.90 Å². The number of nitrogens with two attached hydrogens (primary N) is 1. The summed E-state index contributed by atoms with van der Waals surface area (Å²) in [4.78, 5) is 2.63. The molecule has 2 N–H and O–H groups in total. The van der Waals surface area contributed by atoms with Crippen molar-refractivity contribution < 1.29 is 0 Å². The van der Waals surface area contributed by atoms with Crippen LogP contribution >= 0.6 is 0 Å². The van der Waals surface area contributed by atoms with E-state index in [-0.39, 0.29) is 0 Å². The van der Waals surface area contributed by atoms with Crippen molar-refractivity contribution in [3.63, 3.8) is 0 Å². The van der Waals surface area contributed by atoms with Gasteiger partial charge < -0.3 is 10.6 Å². The molecule has 0 aromatic heterocycles. The summed E-state index contributed by atoms with van der Waals surface area (Å²) in [5.41, 5.74) is 10.4. The highest BCUT2D eigenvalue weighted by Gasteiger charge is 2.38. The largest absolute Gasteiger partial charge is 0.330 e. The molecule has 2 unspecified atom stereocenters. The Morgan fingerprint density at radius 3 is 2.47 bits per heavy atom. The standard InChI is InChI=1S/C17H26N2/c1-12-3-4-15(9-13(12)2)16(10-18)17-11-19-7-5-14(17)6-8-19/h3-4,9,14,16-17H,5-8,10-11,18H2,1-2H3. The van der Waals surface area contributed by atoms with Gasteiger partial charge in [0.1, 0.15) is 0 Å². The summed E-state index contributed by atoms with van der Waals surface area (Å²) in [7, 11) is 0. The zero-order valence-electron chi connectivity index (χ0n) is 12.2. The lowest BCUT2D eigenvalue weighted by Gasteiger charge is -2.47. The molecule has 0 radical (unpaired) electrons. The molecule has 3 aliphatic rings. The van der Waals surface area contributed by atoms with Gasteiger partial charge in [-0.25, -0.2) is 0 Å². The minimum atomic E-state index is 0.549. The molecule has 104 valence electrons. The fourth-order valence-electron chi connectivity index (χ4n) is 4.02. The predicted octanol–water partition coefficient (Wildman–Crippen LogP) is 2.69. The van der Waals surface area contributed by atoms with Crippen LogP contribution in [0.15, 0.2) is 18.2 Å². The summed E-state index contributed by atoms with van der Waals surface area (Å²) < 4.78 is 0. The van der Waals surface area contributed by atoms with Gasteiger partial charge >= 0.3 is 0 Å². The molecule has 2 bridgehead atoms. The topological polar surface area (TPSA) is 29.3 Å². The molecule has 2 nitrogen and oxygen atoms in total. The van der Waals surface area contributed by atoms with E-state index in [4.69, 9.17) is 5.73 Å². The lowest BCUT2D eigenvalue weighted by atomic mass is 9.70. The van der Waals surface area contributed by atoms with Gasteiger partial charge in [-0.2, -0.15) is 0 Å². The molecule has 3 aliphatic heterocycles. The third kappa shape index (κ3) is 2.44. The van der Waals surface area contributed by atoms with Gasteiger partial charge in [0.25, 0.3) is 0 Å². The maximum atomic E-state index is 6.14. The van der Waals surface area contributed by atoms with Crippen molar-refractivity contribution in [1.29, 1.82) is 0 Å². The first-order valence-electron chi connectivity index (χ1n) is 7.68. The van der Waals surface area contributed by atoms with E-state index in [2.05, 4.69) is 36.9 Å². The highest BCUT2D eigenvalue weighted by molar-refractivity contribution is 5.32. The maximum Gasteiger partial charge on any atom is 0.00187 e. The Morgan fingerprint density at radius 2 is 1.95 bits per heavy atom. The molecule has 0 amide bonds. The van der Waals surface area contributed by atoms with Crippen molar-refractivity contribution in [3.8, 4) is 0 Å². The van der Waals surface area contributed by atoms with E-state index < -0.39 is 0 Å². The molecule has 19 heavy (non-hydrogen) atoms. The maximum absolute atomic E-state index is 6.14. The molecule has 0 aliphatic carbocycles. The monoisotopic (exact) mass is 258 g/mol. The summed E-state index contributed by atoms with van der Waals surface area (Å²) in [5, 5.41) is 0. The first-order chi connectivity index (χ1) is 9.19. The van der Waals surface area contributed by atoms with Crippen LogP contribution in [0.2, 0.25) is 0 Å². The van der Waals surface area contributed by atoms with Crippen LogP contribution in [0, 0.1) is 25.7 Å². The average molecular weight is 258 g/mol. The number of fused-ring (bicyclic) bond motifs is 3. The summed E-state index contributed by atoms with van der Waals surface area (Å²) in [6, 6.07) is 6.93. The molecule has 0 saturated carbocycles. The number of piperidine rings is 3. The SMILES string of the molecule is Cc1ccc(C(CN)C2CN3CCC2CC3)cc1C. The van der Waals surface area contributed by atoms with Crippen molar-refractivity contribution in [2.45, 2.75) is 32.6 Å². The second-order valence-corrected chi connectivity index (χ2v) is 6.49. The number of hydrogen-bond donors (Lipinski definition) is 1. The lowest BCUT2D eigenvalue weighted by Crippen LogP contribution is -2.50. The second kappa shape index (κ2) is 5.26. The van der Waals surface area contributed by atoms with Crippen LogP contribution in [-0.2, 0) is 0 Å². The molecule has 0 spiro atoms. The molecular formula is C17H26N2. The van der Waals surface area contributed by atoms with E-state index >= 15 is 0 Å². The molecule has 1 aromatic carbocycles. The van der Waals surface area contributed by atoms with Crippen molar-refractivity contribution >= 4 is 0 Å². The summed E-state index contributed by atoms with van der Waals surface area (Å²) in [6.45, 7) is 9.07. The number of hydrogen-bond acceptors (Lipinski definition) is 2. The van der Waals surface area contributed by atoms with Gasteiger partial charge in [0, 0.05) is 12.5 Å². The molecule has 1 aromatic rings. The first kappa shape index (κ1) is 13.1. The van der Waals surface area contributed by atoms with E-state index in [1.165, 1.54) is 49.2 Å². The van der Waals surface area contributed by atoms with Crippen molar-refractivity contribution in [3.05, 3.63) is 34.9 Å². The summed E-state index contributed by atoms with van der Waals surface area (Å²) in [6.07, 6.45) is 2.76. The van der Waals surface area contributed by atoms with Gasteiger partial charge in [-0.05, 0) is 74.8 Å². The highest BCUT2D eigenvalue weighted by atomic mass is 15.1. The molecule has 3 heterocycles. The Labute approximate surface area is 117 Å². The van der Waals surface area contributed by atoms with E-state index in [9.17, 15) is 0 Å². The smallest absolute Gasteiger partial charge is 0.00187 e. The normalized spacial score (nSPS) is 31.4. The van der Waals surface area contributed by atoms with E-state index in [0.717, 1.165) is 18.4 Å². The fourth-order valence-corrected chi connectivity index (χ4v) is 4.02. The molecule has 3 saturated heterocycles. The van der Waals surface area contributed by atoms with Crippen molar-refractivity contribution in [2.75, 3.05) is 26.2 Å². The number of rotatable bonds is 3. The zero-order chi connectivity index (χ0) is 13.4. The third-order valence-corrected chi connectivity index (χ3v) is 5.44. The highest BCUT2D eigenvalue weighted by Crippen LogP contribution is 2.40. The van der Waals surface area contributed by atoms with Crippen LogP contribution in [0.4, 0.5) is 0 Å². The van der Waals surface area contributed by atoms with Gasteiger partial charge in [0.15, 0.2) is 0 Å². The molecule has 2 heteroatoms. The Bertz CT molecular complexity index is 447. The van der Waals surface area contributed by atoms with Crippen LogP contribution in [0.3, 0.4) is 0 Å². The molecular weight excluding hydrogens is 232 g/mol. The number of nitrogens with zero attached hydrogens (tertiary/aromatic N) is 1. The minimum Gasteiger partial charge on any atom is -0.330 e. The Kier molecular flexibility index (Phi) is 3.64. The van der Waals surface area contributed by atoms with Gasteiger partial charge in [0.2, 0.25) is 0 Å². The van der Waals surface area contributed by atoms with Crippen LogP contribution in [0.1, 0.15) is 35.4 Å². The Hall–Kier alpha value is -0.860. The number of benzene rings is 1. The summed E-state index contributed by atoms with van der Waals surface area (Å²) in [5.74, 6) is 2.22. The van der Waals surface area contributed by atoms with Gasteiger partial charge in [-0.3, -0.25) is 0 Å². The van der Waals surface area contributed by atoms with E-state index in [1.807, 2.05) is 0 Å². The van der Waals surface area contributed by atoms with E-state index in [1.54, 1.807) is 0 Å². The Morgan fingerprint density at radius 1 is 1.21 bits per heavy atom. The lowest BCUT2D eigenvalue weighted by molar-refractivity contribution is 0.0379. The van der Waals surface area contributed by atoms with Crippen LogP contribution in [0.5, 0.6) is 0 Å². The van der Waals surface area contributed by atoms with Gasteiger partial charge in [-0.15, -0.1) is 0 Å². The van der Waals surface area contributed by atoms with Gasteiger partial charge in [0.05, 0.1) is 0 Å². The summed E-state index contributed by atoms with van der Waals surface area (Å²) >= 11 is 0. The first-order valence-corrected chi connectivity index (χ1v) is 7.68. The zero-order valence-corrected chi connectivity index (χ0v) is 12.2.